The third-order valence-corrected chi connectivity index (χ3v) is 9.15. The molecule has 39 heavy (non-hydrogen) atoms. The van der Waals surface area contributed by atoms with Crippen LogP contribution in [0.25, 0.3) is 0 Å². The topological polar surface area (TPSA) is 114 Å². The van der Waals surface area contributed by atoms with Gasteiger partial charge in [0.1, 0.15) is 29.7 Å². The van der Waals surface area contributed by atoms with Crippen LogP contribution in [0.2, 0.25) is 0 Å². The number of nitrogens with zero attached hydrogens (tertiary/aromatic N) is 1. The summed E-state index contributed by atoms with van der Waals surface area (Å²) in [4.78, 5) is 32.1. The Morgan fingerprint density at radius 3 is 2.72 bits per heavy atom. The van der Waals surface area contributed by atoms with E-state index in [0.717, 1.165) is 40.9 Å². The molecule has 2 atom stereocenters. The quantitative estimate of drug-likeness (QED) is 0.175. The van der Waals surface area contributed by atoms with Crippen LogP contribution in [0.3, 0.4) is 0 Å². The molecule has 4 rings (SSSR count). The van der Waals surface area contributed by atoms with Gasteiger partial charge in [0, 0.05) is 30.4 Å². The molecule has 2 aromatic rings. The lowest BCUT2D eigenvalue weighted by Crippen LogP contribution is -2.38. The smallest absolute Gasteiger partial charge is 0.342 e. The van der Waals surface area contributed by atoms with Gasteiger partial charge in [-0.05, 0) is 74.9 Å². The predicted octanol–water partition coefficient (Wildman–Crippen LogP) is 4.75. The lowest BCUT2D eigenvalue weighted by Gasteiger charge is -2.27. The number of benzene rings is 2. The Morgan fingerprint density at radius 1 is 1.26 bits per heavy atom. The van der Waals surface area contributed by atoms with Crippen LogP contribution in [-0.4, -0.2) is 40.7 Å². The summed E-state index contributed by atoms with van der Waals surface area (Å²) in [6.45, 7) is 11.0. The largest absolute Gasteiger partial charge is 0.507 e. The minimum Gasteiger partial charge on any atom is -0.507 e. The van der Waals surface area contributed by atoms with Gasteiger partial charge in [0.25, 0.3) is 0 Å². The summed E-state index contributed by atoms with van der Waals surface area (Å²) in [5.41, 5.74) is 6.69. The minimum absolute atomic E-state index is 0.0429. The van der Waals surface area contributed by atoms with E-state index in [1.807, 2.05) is 45.0 Å². The van der Waals surface area contributed by atoms with E-state index in [2.05, 4.69) is 5.32 Å². The number of aromatic hydroxyl groups is 1. The molecule has 0 fully saturated rings. The number of cyclic esters (lactones) is 1. The second kappa shape index (κ2) is 12.4. The summed E-state index contributed by atoms with van der Waals surface area (Å²) in [7, 11) is -2.61. The first-order valence-corrected chi connectivity index (χ1v) is 14.9. The van der Waals surface area contributed by atoms with Crippen molar-refractivity contribution in [1.29, 1.82) is 0 Å². The van der Waals surface area contributed by atoms with E-state index in [9.17, 15) is 19.3 Å². The zero-order chi connectivity index (χ0) is 28.3. The number of carbonyl (C=O) groups is 2. The Bertz CT molecular complexity index is 1340. The van der Waals surface area contributed by atoms with Crippen molar-refractivity contribution in [2.24, 2.45) is 0 Å². The lowest BCUT2D eigenvalue weighted by molar-refractivity contribution is -0.153. The van der Waals surface area contributed by atoms with Crippen molar-refractivity contribution in [3.05, 3.63) is 68.8 Å². The van der Waals surface area contributed by atoms with Crippen LogP contribution in [0.4, 0.5) is 0 Å². The first-order valence-electron chi connectivity index (χ1n) is 13.3. The molecule has 0 spiro atoms. The molecule has 9 nitrogen and oxygen atoms in total. The van der Waals surface area contributed by atoms with Gasteiger partial charge in [-0.15, -0.1) is 0 Å². The monoisotopic (exact) mass is 556 g/mol. The normalized spacial score (nSPS) is 16.1. The van der Waals surface area contributed by atoms with Crippen LogP contribution in [0.1, 0.15) is 71.4 Å². The van der Waals surface area contributed by atoms with Gasteiger partial charge in [0.05, 0.1) is 6.61 Å². The number of esters is 2. The fourth-order valence-corrected chi connectivity index (χ4v) is 6.67. The number of hydroxylamine groups is 1. The fourth-order valence-electron chi connectivity index (χ4n) is 5.15. The second-order valence-corrected chi connectivity index (χ2v) is 11.5. The maximum atomic E-state index is 13.6. The van der Waals surface area contributed by atoms with E-state index >= 15 is 0 Å². The zero-order valence-corrected chi connectivity index (χ0v) is 24.2. The van der Waals surface area contributed by atoms with E-state index in [1.165, 1.54) is 10.4 Å². The molecule has 0 bridgehead atoms. The van der Waals surface area contributed by atoms with Gasteiger partial charge >= 0.3 is 11.9 Å². The number of ether oxygens (including phenoxy) is 2. The number of hydrogen-bond acceptors (Lipinski definition) is 8. The van der Waals surface area contributed by atoms with Crippen molar-refractivity contribution in [3.8, 4) is 11.5 Å². The van der Waals surface area contributed by atoms with Crippen molar-refractivity contribution >= 4 is 19.9 Å². The van der Waals surface area contributed by atoms with Crippen molar-refractivity contribution in [2.45, 2.75) is 73.2 Å². The van der Waals surface area contributed by atoms with Crippen LogP contribution in [0.5, 0.6) is 11.5 Å². The molecule has 2 aromatic carbocycles. The third-order valence-electron chi connectivity index (χ3n) is 7.32. The van der Waals surface area contributed by atoms with Gasteiger partial charge in [-0.1, -0.05) is 29.5 Å². The van der Waals surface area contributed by atoms with Crippen LogP contribution >= 0.6 is 7.95 Å². The van der Waals surface area contributed by atoms with E-state index in [-0.39, 0.29) is 30.7 Å². The molecule has 1 unspecified atom stereocenters. The highest BCUT2D eigenvalue weighted by Crippen LogP contribution is 2.39. The van der Waals surface area contributed by atoms with Crippen LogP contribution < -0.4 is 10.2 Å². The summed E-state index contributed by atoms with van der Waals surface area (Å²) in [5, 5.41) is 14.2. The number of rotatable bonds is 11. The Hall–Kier alpha value is -3.13. The van der Waals surface area contributed by atoms with E-state index in [4.69, 9.17) is 14.3 Å². The standard InChI is InChI=1S/C29H37N2O7P/c1-6-23-18(4)25-15-37-29(34)26(25)27(32)24(23)11-8-17(3)16-39(35)31(19(5)28(33)36-7-2)38-22-10-9-20-13-30-14-21(20)12-22/h8-10,12,19,30,32,39H,6-7,11,13-16H2,1-5H3/t19-/m0/s1. The van der Waals surface area contributed by atoms with Gasteiger partial charge in [0.15, 0.2) is 7.95 Å². The zero-order valence-electron chi connectivity index (χ0n) is 23.2. The molecule has 0 saturated heterocycles. The van der Waals surface area contributed by atoms with Gasteiger partial charge < -0.3 is 29.3 Å². The molecule has 2 aliphatic heterocycles. The molecule has 0 amide bonds. The Balaban J connectivity index is 1.55. The first-order chi connectivity index (χ1) is 18.7. The SMILES string of the molecule is CCOC(=O)[C@H](C)N(Oc1ccc2c(c1)CNC2)[PH](=O)CC(C)=CCc1c(O)c2c(c(C)c1CC)COC2=O. The third kappa shape index (κ3) is 6.06. The molecule has 0 aromatic heterocycles. The number of carbonyl (C=O) groups excluding carboxylic acids is 2. The summed E-state index contributed by atoms with van der Waals surface area (Å²) in [5.74, 6) is -0.563. The highest BCUT2D eigenvalue weighted by Gasteiger charge is 2.32. The number of allylic oxidation sites excluding steroid dienone is 2. The number of nitrogens with one attached hydrogen (secondary N) is 1. The van der Waals surface area contributed by atoms with Gasteiger partial charge in [0.2, 0.25) is 0 Å². The average molecular weight is 557 g/mol. The van der Waals surface area contributed by atoms with Crippen molar-refractivity contribution in [2.75, 3.05) is 12.8 Å². The summed E-state index contributed by atoms with van der Waals surface area (Å²) in [6.07, 6.45) is 3.13. The van der Waals surface area contributed by atoms with Gasteiger partial charge in [-0.2, -0.15) is 0 Å². The summed E-state index contributed by atoms with van der Waals surface area (Å²) >= 11 is 0. The number of phenolic OH excluding ortho intramolecular Hbond substituents is 1. The van der Waals surface area contributed by atoms with Crippen LogP contribution in [0, 0.1) is 6.92 Å². The van der Waals surface area contributed by atoms with Gasteiger partial charge in [-0.25, -0.2) is 4.79 Å². The first kappa shape index (κ1) is 28.9. The van der Waals surface area contributed by atoms with Crippen LogP contribution in [-0.2, 0) is 51.4 Å². The lowest BCUT2D eigenvalue weighted by atomic mass is 9.89. The van der Waals surface area contributed by atoms with E-state index in [1.54, 1.807) is 13.8 Å². The van der Waals surface area contributed by atoms with Crippen molar-refractivity contribution < 1.29 is 33.6 Å². The molecule has 210 valence electrons. The predicted molar refractivity (Wildman–Crippen MR) is 148 cm³/mol. The highest BCUT2D eigenvalue weighted by molar-refractivity contribution is 7.42. The second-order valence-electron chi connectivity index (χ2n) is 9.92. The Labute approximate surface area is 229 Å². The highest BCUT2D eigenvalue weighted by atomic mass is 31.1. The minimum atomic E-state index is -2.61. The Kier molecular flexibility index (Phi) is 9.15. The molecule has 2 N–H and O–H groups in total. The molecule has 2 aliphatic rings. The summed E-state index contributed by atoms with van der Waals surface area (Å²) in [6, 6.07) is 4.79. The van der Waals surface area contributed by atoms with Crippen LogP contribution in [0.15, 0.2) is 29.8 Å². The molecule has 0 radical (unpaired) electrons. The van der Waals surface area contributed by atoms with E-state index in [0.29, 0.717) is 24.2 Å². The molecule has 2 heterocycles. The molecular formula is C29H37N2O7P. The fraction of sp³-hybridized carbons (Fsp3) is 0.448. The van der Waals surface area contributed by atoms with Crippen molar-refractivity contribution in [3.63, 3.8) is 0 Å². The maximum Gasteiger partial charge on any atom is 0.342 e. The molecular weight excluding hydrogens is 519 g/mol. The van der Waals surface area contributed by atoms with Gasteiger partial charge in [-0.3, -0.25) is 4.79 Å². The summed E-state index contributed by atoms with van der Waals surface area (Å²) < 4.78 is 24.0. The van der Waals surface area contributed by atoms with Crippen molar-refractivity contribution in [1.82, 2.24) is 10.2 Å². The maximum absolute atomic E-state index is 13.6. The molecule has 0 saturated carbocycles. The van der Waals surface area contributed by atoms with E-state index < -0.39 is 25.9 Å². The molecule has 0 aliphatic carbocycles. The molecule has 10 heteroatoms. The number of phenols is 1. The number of hydrogen-bond donors (Lipinski definition) is 2. The average Bonchev–Trinajstić information content (AvgIpc) is 3.54. The number of fused-ring (bicyclic) bond motifs is 2. The Morgan fingerprint density at radius 2 is 2.00 bits per heavy atom.